The summed E-state index contributed by atoms with van der Waals surface area (Å²) in [4.78, 5) is 11.9. The van der Waals surface area contributed by atoms with Crippen LogP contribution in [0.2, 0.25) is 0 Å². The van der Waals surface area contributed by atoms with Crippen LogP contribution in [0.5, 0.6) is 11.5 Å². The maximum absolute atomic E-state index is 11.9. The zero-order valence-electron chi connectivity index (χ0n) is 28.1. The molecule has 0 saturated carbocycles. The zero-order valence-corrected chi connectivity index (χ0v) is 24.7. The van der Waals surface area contributed by atoms with Crippen LogP contribution >= 0.6 is 15.9 Å². The Morgan fingerprint density at radius 3 is 2.23 bits per heavy atom. The summed E-state index contributed by atoms with van der Waals surface area (Å²) in [5.74, 6) is 1.72. The van der Waals surface area contributed by atoms with Gasteiger partial charge in [-0.05, 0) is 75.3 Å². The summed E-state index contributed by atoms with van der Waals surface area (Å²) < 4.78 is 53.2. The minimum atomic E-state index is -2.62. The minimum Gasteiger partial charge on any atom is -0.487 e. The Hall–Kier alpha value is -1.03. The van der Waals surface area contributed by atoms with Gasteiger partial charge in [-0.25, -0.2) is 0 Å². The molecule has 1 aliphatic rings. The molecule has 35 heavy (non-hydrogen) atoms. The van der Waals surface area contributed by atoms with Gasteiger partial charge in [0.05, 0.1) is 0 Å². The summed E-state index contributed by atoms with van der Waals surface area (Å²) in [6, 6.07) is 0. The first-order valence-electron chi connectivity index (χ1n) is 16.1. The molecular formula is C31H51BrO3. The van der Waals surface area contributed by atoms with E-state index in [1.54, 1.807) is 6.92 Å². The number of halogens is 1. The van der Waals surface area contributed by atoms with Gasteiger partial charge in [-0.3, -0.25) is 4.79 Å². The van der Waals surface area contributed by atoms with Crippen molar-refractivity contribution in [1.29, 1.82) is 0 Å². The average molecular weight is 557 g/mol. The summed E-state index contributed by atoms with van der Waals surface area (Å²) in [6.45, 7) is 11.6. The van der Waals surface area contributed by atoms with Crippen molar-refractivity contribution in [3.63, 3.8) is 0 Å². The second-order valence-corrected chi connectivity index (χ2v) is 12.0. The summed E-state index contributed by atoms with van der Waals surface area (Å²) in [5.41, 5.74) is 0.332. The first kappa shape index (κ1) is 23.1. The van der Waals surface area contributed by atoms with E-state index in [2.05, 4.69) is 50.5 Å². The lowest BCUT2D eigenvalue weighted by atomic mass is 9.83. The maximum Gasteiger partial charge on any atom is 0.308 e. The summed E-state index contributed by atoms with van der Waals surface area (Å²) >= 11 is 3.07. The van der Waals surface area contributed by atoms with Crippen molar-refractivity contribution in [2.24, 2.45) is 17.8 Å². The third-order valence-electron chi connectivity index (χ3n) is 7.61. The van der Waals surface area contributed by atoms with Gasteiger partial charge < -0.3 is 9.47 Å². The van der Waals surface area contributed by atoms with Gasteiger partial charge in [-0.1, -0.05) is 88.6 Å². The van der Waals surface area contributed by atoms with Gasteiger partial charge >= 0.3 is 5.97 Å². The summed E-state index contributed by atoms with van der Waals surface area (Å²) in [5, 5.41) is -2.10. The van der Waals surface area contributed by atoms with Gasteiger partial charge in [0.25, 0.3) is 0 Å². The average Bonchev–Trinajstić information content (AvgIpc) is 2.77. The lowest BCUT2D eigenvalue weighted by Gasteiger charge is -2.38. The fraction of sp³-hybridized carbons (Fsp3) is 0.774. The van der Waals surface area contributed by atoms with Crippen molar-refractivity contribution in [3.05, 3.63) is 22.3 Å². The van der Waals surface area contributed by atoms with E-state index in [9.17, 15) is 4.79 Å². The Labute approximate surface area is 231 Å². The number of benzene rings is 1. The molecule has 0 unspecified atom stereocenters. The van der Waals surface area contributed by atoms with Gasteiger partial charge in [0.2, 0.25) is 0 Å². The summed E-state index contributed by atoms with van der Waals surface area (Å²) in [6.07, 6.45) is 11.9. The highest BCUT2D eigenvalue weighted by atomic mass is 79.9. The van der Waals surface area contributed by atoms with Crippen LogP contribution in [0.1, 0.15) is 135 Å². The molecule has 1 aromatic carbocycles. The predicted molar refractivity (Wildman–Crippen MR) is 152 cm³/mol. The quantitative estimate of drug-likeness (QED) is 0.130. The van der Waals surface area contributed by atoms with Crippen molar-refractivity contribution >= 4 is 21.9 Å². The van der Waals surface area contributed by atoms with Crippen LogP contribution in [0.15, 0.2) is 0 Å². The third-order valence-corrected chi connectivity index (χ3v) is 8.01. The molecule has 0 aliphatic carbocycles. The number of esters is 1. The number of hydrogen-bond acceptors (Lipinski definition) is 3. The van der Waals surface area contributed by atoms with Gasteiger partial charge in [-0.2, -0.15) is 0 Å². The smallest absolute Gasteiger partial charge is 0.308 e. The molecule has 0 aromatic heterocycles. The highest BCUT2D eigenvalue weighted by molar-refractivity contribution is 9.08. The van der Waals surface area contributed by atoms with E-state index >= 15 is 0 Å². The Morgan fingerprint density at radius 2 is 1.69 bits per heavy atom. The van der Waals surface area contributed by atoms with Crippen molar-refractivity contribution in [3.8, 4) is 11.5 Å². The van der Waals surface area contributed by atoms with Crippen molar-refractivity contribution < 1.29 is 21.1 Å². The lowest BCUT2D eigenvalue weighted by Crippen LogP contribution is -2.37. The highest BCUT2D eigenvalue weighted by Gasteiger charge is 2.35. The molecule has 3 nitrogen and oxygen atoms in total. The first-order valence-corrected chi connectivity index (χ1v) is 14.4. The second kappa shape index (κ2) is 14.1. The minimum absolute atomic E-state index is 0.0310. The van der Waals surface area contributed by atoms with E-state index in [4.69, 9.17) is 16.3 Å². The summed E-state index contributed by atoms with van der Waals surface area (Å²) in [7, 11) is 0. The number of carbonyl (C=O) groups is 1. The van der Waals surface area contributed by atoms with E-state index in [-0.39, 0.29) is 16.9 Å². The normalized spacial score (nSPS) is 22.1. The molecule has 3 atom stereocenters. The monoisotopic (exact) mass is 555 g/mol. The molecule has 1 aromatic rings. The van der Waals surface area contributed by atoms with Gasteiger partial charge in [-0.15, -0.1) is 0 Å². The Morgan fingerprint density at radius 1 is 1.09 bits per heavy atom. The Balaban J connectivity index is 2.11. The molecule has 0 radical (unpaired) electrons. The maximum atomic E-state index is 11.9. The van der Waals surface area contributed by atoms with Gasteiger partial charge in [0.1, 0.15) is 17.1 Å². The number of ether oxygens (including phenoxy) is 2. The fourth-order valence-electron chi connectivity index (χ4n) is 5.27. The predicted octanol–water partition coefficient (Wildman–Crippen LogP) is 9.65. The van der Waals surface area contributed by atoms with Crippen LogP contribution in [-0.4, -0.2) is 11.6 Å². The molecule has 0 amide bonds. The van der Waals surface area contributed by atoms with Crippen LogP contribution in [0, 0.1) is 31.5 Å². The second-order valence-electron chi connectivity index (χ2n) is 11.6. The van der Waals surface area contributed by atoms with Gasteiger partial charge in [0, 0.05) is 30.2 Å². The molecule has 1 heterocycles. The van der Waals surface area contributed by atoms with Crippen LogP contribution < -0.4 is 9.47 Å². The molecule has 1 aliphatic heterocycles. The molecule has 4 heteroatoms. The number of carbonyl (C=O) groups excluding carboxylic acids is 1. The standard InChI is InChI=1S/C31H51BrO3/c1-21(2)12-9-13-22(3)14-10-15-23(4)16-11-18-31(8)19-17-27-28(20-32)29(34-26(7)33)24(5)25(6)30(27)35-31/h21-23H,9-20H2,1-8H3/t22-,23-,31-/m1/s1/i5D3,20D2. The van der Waals surface area contributed by atoms with Crippen LogP contribution in [0.25, 0.3) is 0 Å². The molecule has 0 spiro atoms. The molecule has 0 bridgehead atoms. The first-order chi connectivity index (χ1) is 18.4. The van der Waals surface area contributed by atoms with Gasteiger partial charge in [0.15, 0.2) is 0 Å². The molecule has 0 saturated heterocycles. The van der Waals surface area contributed by atoms with Crippen LogP contribution in [0.4, 0.5) is 0 Å². The third kappa shape index (κ3) is 9.09. The number of fused-ring (bicyclic) bond motifs is 1. The zero-order chi connectivity index (χ0) is 30.5. The van der Waals surface area contributed by atoms with Crippen LogP contribution in [-0.2, 0) is 16.5 Å². The van der Waals surface area contributed by atoms with E-state index in [0.717, 1.165) is 31.1 Å². The molecule has 2 rings (SSSR count). The van der Waals surface area contributed by atoms with E-state index < -0.39 is 23.7 Å². The Kier molecular flexibility index (Phi) is 9.28. The van der Waals surface area contributed by atoms with E-state index in [0.29, 0.717) is 35.6 Å². The fourth-order valence-corrected chi connectivity index (χ4v) is 5.69. The topological polar surface area (TPSA) is 35.5 Å². The SMILES string of the molecule is [2H]C([2H])([2H])c1c(C)c2c(c(C([2H])([2H])Br)c1OC(C)=O)CC[C@@](C)(CCC[C@H](C)CCC[C@H](C)CCCC(C)C)O2. The molecule has 200 valence electrons. The number of hydrogen-bond donors (Lipinski definition) is 0. The van der Waals surface area contributed by atoms with E-state index in [1.165, 1.54) is 45.4 Å². The number of alkyl halides is 1. The Bertz CT molecular complexity index is 1000. The largest absolute Gasteiger partial charge is 0.487 e. The van der Waals surface area contributed by atoms with Crippen molar-refractivity contribution in [2.45, 2.75) is 137 Å². The van der Waals surface area contributed by atoms with E-state index in [1.807, 2.05) is 0 Å². The van der Waals surface area contributed by atoms with Crippen LogP contribution in [0.3, 0.4) is 0 Å². The lowest BCUT2D eigenvalue weighted by molar-refractivity contribution is -0.132. The highest BCUT2D eigenvalue weighted by Crippen LogP contribution is 2.46. The van der Waals surface area contributed by atoms with Crippen molar-refractivity contribution in [2.75, 3.05) is 0 Å². The number of rotatable bonds is 14. The van der Waals surface area contributed by atoms with Crippen molar-refractivity contribution in [1.82, 2.24) is 0 Å². The molecule has 0 fully saturated rings. The molecule has 0 N–H and O–H groups in total. The molecular weight excluding hydrogens is 500 g/mol.